The van der Waals surface area contributed by atoms with E-state index in [0.29, 0.717) is 61.7 Å². The highest BCUT2D eigenvalue weighted by Gasteiger charge is 2.26. The van der Waals surface area contributed by atoms with Crippen LogP contribution in [0, 0.1) is 0 Å². The third-order valence-corrected chi connectivity index (χ3v) is 5.45. The second kappa shape index (κ2) is 9.23. The number of para-hydroxylation sites is 1. The zero-order valence-electron chi connectivity index (χ0n) is 18.0. The Morgan fingerprint density at radius 2 is 1.94 bits per heavy atom. The summed E-state index contributed by atoms with van der Waals surface area (Å²) in [6.45, 7) is 3.56. The van der Waals surface area contributed by atoms with Crippen LogP contribution in [0.2, 0.25) is 0 Å². The molecule has 2 amide bonds. The molecule has 1 aliphatic rings. The molecule has 3 heterocycles. The molecule has 1 fully saturated rings. The van der Waals surface area contributed by atoms with Crippen molar-refractivity contribution in [1.82, 2.24) is 24.9 Å². The third kappa shape index (κ3) is 4.50. The summed E-state index contributed by atoms with van der Waals surface area (Å²) in [5.41, 5.74) is 0.590. The zero-order chi connectivity index (χ0) is 22.7. The topological polar surface area (TPSA) is 110 Å². The van der Waals surface area contributed by atoms with Crippen molar-refractivity contribution in [1.29, 1.82) is 0 Å². The van der Waals surface area contributed by atoms with Gasteiger partial charge in [-0.3, -0.25) is 24.0 Å². The van der Waals surface area contributed by atoms with Crippen molar-refractivity contribution >= 4 is 22.8 Å². The lowest BCUT2D eigenvalue weighted by Gasteiger charge is -2.34. The number of benzene rings is 1. The number of nitrogens with zero attached hydrogens (tertiary/aromatic N) is 4. The van der Waals surface area contributed by atoms with E-state index in [1.54, 1.807) is 47.1 Å². The largest absolute Gasteiger partial charge is 0.479 e. The number of hydrogen-bond acceptors (Lipinski definition) is 7. The minimum absolute atomic E-state index is 0.00506. The van der Waals surface area contributed by atoms with Crippen LogP contribution in [-0.4, -0.2) is 77.8 Å². The normalized spacial score (nSPS) is 14.5. The van der Waals surface area contributed by atoms with Gasteiger partial charge in [0, 0.05) is 58.6 Å². The number of methoxy groups -OCH3 is 1. The first-order valence-electron chi connectivity index (χ1n) is 10.4. The summed E-state index contributed by atoms with van der Waals surface area (Å²) in [5, 5.41) is 7.37. The molecule has 4 rings (SSSR count). The Hall–Kier alpha value is -3.66. The maximum Gasteiger partial charge on any atom is 0.287 e. The second-order valence-corrected chi connectivity index (χ2v) is 7.59. The highest BCUT2D eigenvalue weighted by molar-refractivity contribution is 5.96. The number of carbonyl (C=O) groups is 2. The molecule has 1 aromatic carbocycles. The van der Waals surface area contributed by atoms with Gasteiger partial charge in [0.2, 0.25) is 5.88 Å². The van der Waals surface area contributed by atoms with Crippen molar-refractivity contribution in [2.75, 3.05) is 46.4 Å². The number of fused-ring (bicyclic) bond motifs is 1. The van der Waals surface area contributed by atoms with Crippen LogP contribution in [0.4, 0.5) is 0 Å². The maximum absolute atomic E-state index is 12.8. The molecule has 10 nitrogen and oxygen atoms in total. The average molecular weight is 439 g/mol. The minimum atomic E-state index is -0.426. The molecule has 3 aromatic rings. The van der Waals surface area contributed by atoms with Gasteiger partial charge in [0.05, 0.1) is 12.5 Å². The van der Waals surface area contributed by atoms with Crippen LogP contribution in [-0.2, 0) is 7.05 Å². The lowest BCUT2D eigenvalue weighted by Crippen LogP contribution is -2.50. The average Bonchev–Trinajstić information content (AvgIpc) is 3.19. The quantitative estimate of drug-likeness (QED) is 0.603. The van der Waals surface area contributed by atoms with E-state index in [9.17, 15) is 14.4 Å². The predicted octanol–water partition coefficient (Wildman–Crippen LogP) is 0.723. The summed E-state index contributed by atoms with van der Waals surface area (Å²) in [6.07, 6.45) is 1.66. The number of piperazine rings is 1. The lowest BCUT2D eigenvalue weighted by molar-refractivity contribution is 0.0634. The molecule has 0 aliphatic carbocycles. The molecule has 168 valence electrons. The molecule has 0 radical (unpaired) electrons. The summed E-state index contributed by atoms with van der Waals surface area (Å²) in [6, 6.07) is 8.04. The summed E-state index contributed by atoms with van der Waals surface area (Å²) >= 11 is 0. The first kappa shape index (κ1) is 21.6. The molecule has 1 aliphatic heterocycles. The van der Waals surface area contributed by atoms with Gasteiger partial charge in [-0.15, -0.1) is 5.10 Å². The maximum atomic E-state index is 12.8. The van der Waals surface area contributed by atoms with Crippen molar-refractivity contribution in [3.05, 3.63) is 58.1 Å². The van der Waals surface area contributed by atoms with Gasteiger partial charge in [-0.1, -0.05) is 12.1 Å². The Kier molecular flexibility index (Phi) is 6.22. The number of carbonyl (C=O) groups excluding carboxylic acids is 2. The minimum Gasteiger partial charge on any atom is -0.479 e. The van der Waals surface area contributed by atoms with E-state index in [0.717, 1.165) is 0 Å². The molecule has 0 atom stereocenters. The molecular weight excluding hydrogens is 414 g/mol. The number of rotatable bonds is 6. The Morgan fingerprint density at radius 3 is 2.69 bits per heavy atom. The number of hydrogen-bond donors (Lipinski definition) is 1. The Morgan fingerprint density at radius 1 is 1.19 bits per heavy atom. The van der Waals surface area contributed by atoms with E-state index < -0.39 is 5.91 Å². The van der Waals surface area contributed by atoms with E-state index in [1.807, 2.05) is 0 Å². The van der Waals surface area contributed by atoms with E-state index in [4.69, 9.17) is 9.15 Å². The standard InChI is InChI=1S/C22H25N5O5/c1-25-14-16(21(24-25)31-2)22(30)27-11-9-26(10-12-27)8-7-23-20(29)19-13-17(28)15-5-3-4-6-18(15)32-19/h3-6,13-14H,7-12H2,1-2H3,(H,23,29). The van der Waals surface area contributed by atoms with E-state index in [-0.39, 0.29) is 17.1 Å². The van der Waals surface area contributed by atoms with E-state index in [2.05, 4.69) is 15.3 Å². The highest BCUT2D eigenvalue weighted by atomic mass is 16.5. The zero-order valence-corrected chi connectivity index (χ0v) is 18.0. The number of amides is 2. The summed E-state index contributed by atoms with van der Waals surface area (Å²) in [4.78, 5) is 41.3. The second-order valence-electron chi connectivity index (χ2n) is 7.59. The van der Waals surface area contributed by atoms with Crippen LogP contribution in [0.3, 0.4) is 0 Å². The van der Waals surface area contributed by atoms with E-state index >= 15 is 0 Å². The van der Waals surface area contributed by atoms with Gasteiger partial charge in [0.1, 0.15) is 11.1 Å². The fraction of sp³-hybridized carbons (Fsp3) is 0.364. The number of ether oxygens (including phenoxy) is 1. The van der Waals surface area contributed by atoms with Gasteiger partial charge in [-0.2, -0.15) is 0 Å². The van der Waals surface area contributed by atoms with Gasteiger partial charge < -0.3 is 19.4 Å². The van der Waals surface area contributed by atoms with Gasteiger partial charge in [0.25, 0.3) is 11.8 Å². The van der Waals surface area contributed by atoms with Gasteiger partial charge in [0.15, 0.2) is 11.2 Å². The van der Waals surface area contributed by atoms with Crippen molar-refractivity contribution in [3.63, 3.8) is 0 Å². The highest BCUT2D eigenvalue weighted by Crippen LogP contribution is 2.18. The molecule has 2 aromatic heterocycles. The summed E-state index contributed by atoms with van der Waals surface area (Å²) in [7, 11) is 3.24. The monoisotopic (exact) mass is 439 g/mol. The first-order valence-corrected chi connectivity index (χ1v) is 10.4. The van der Waals surface area contributed by atoms with Crippen molar-refractivity contribution < 1.29 is 18.7 Å². The number of aromatic nitrogens is 2. The van der Waals surface area contributed by atoms with Gasteiger partial charge in [-0.05, 0) is 12.1 Å². The Balaban J connectivity index is 1.27. The van der Waals surface area contributed by atoms with Crippen molar-refractivity contribution in [2.24, 2.45) is 7.05 Å². The van der Waals surface area contributed by atoms with Crippen LogP contribution in [0.25, 0.3) is 11.0 Å². The Bertz CT molecular complexity index is 1190. The third-order valence-electron chi connectivity index (χ3n) is 5.45. The first-order chi connectivity index (χ1) is 15.5. The van der Waals surface area contributed by atoms with Crippen LogP contribution in [0.5, 0.6) is 5.88 Å². The molecule has 1 N–H and O–H groups in total. The smallest absolute Gasteiger partial charge is 0.287 e. The molecule has 10 heteroatoms. The summed E-state index contributed by atoms with van der Waals surface area (Å²) < 4.78 is 12.3. The Labute approximate surface area is 184 Å². The summed E-state index contributed by atoms with van der Waals surface area (Å²) in [5.74, 6) is -0.211. The molecule has 0 saturated carbocycles. The lowest BCUT2D eigenvalue weighted by atomic mass is 10.2. The van der Waals surface area contributed by atoms with Gasteiger partial charge in [-0.25, -0.2) is 0 Å². The van der Waals surface area contributed by atoms with Crippen LogP contribution in [0.1, 0.15) is 20.9 Å². The predicted molar refractivity (Wildman–Crippen MR) is 117 cm³/mol. The van der Waals surface area contributed by atoms with Crippen LogP contribution >= 0.6 is 0 Å². The molecular formula is C22H25N5O5. The number of nitrogens with one attached hydrogen (secondary N) is 1. The van der Waals surface area contributed by atoms with Crippen LogP contribution in [0.15, 0.2) is 45.7 Å². The fourth-order valence-corrected chi connectivity index (χ4v) is 3.74. The van der Waals surface area contributed by atoms with Crippen LogP contribution < -0.4 is 15.5 Å². The van der Waals surface area contributed by atoms with Crippen molar-refractivity contribution in [2.45, 2.75) is 0 Å². The number of aryl methyl sites for hydroxylation is 1. The van der Waals surface area contributed by atoms with E-state index in [1.165, 1.54) is 13.2 Å². The molecule has 0 unspecified atom stereocenters. The molecule has 0 spiro atoms. The molecule has 0 bridgehead atoms. The molecule has 32 heavy (non-hydrogen) atoms. The van der Waals surface area contributed by atoms with Gasteiger partial charge >= 0.3 is 0 Å². The fourth-order valence-electron chi connectivity index (χ4n) is 3.74. The molecule has 1 saturated heterocycles. The SMILES string of the molecule is COc1nn(C)cc1C(=O)N1CCN(CCNC(=O)c2cc(=O)c3ccccc3o2)CC1. The van der Waals surface area contributed by atoms with Crippen molar-refractivity contribution in [3.8, 4) is 5.88 Å².